The van der Waals surface area contributed by atoms with E-state index < -0.39 is 10.2 Å². The summed E-state index contributed by atoms with van der Waals surface area (Å²) in [6.07, 6.45) is 3.13. The van der Waals surface area contributed by atoms with Crippen molar-refractivity contribution in [3.8, 4) is 11.5 Å². The first-order chi connectivity index (χ1) is 12.4. The molecule has 0 aliphatic carbocycles. The van der Waals surface area contributed by atoms with Crippen LogP contribution in [0.15, 0.2) is 18.3 Å². The minimum atomic E-state index is -3.67. The first-order valence-electron chi connectivity index (χ1n) is 8.49. The molecule has 2 aromatic rings. The van der Waals surface area contributed by atoms with Gasteiger partial charge < -0.3 is 14.4 Å². The van der Waals surface area contributed by atoms with Crippen molar-refractivity contribution in [1.29, 1.82) is 0 Å². The molecule has 2 aliphatic heterocycles. The average molecular weight is 379 g/mol. The van der Waals surface area contributed by atoms with Crippen LogP contribution in [-0.4, -0.2) is 62.3 Å². The fraction of sp³-hybridized carbons (Fsp3) is 0.500. The molecule has 1 aromatic heterocycles. The minimum Gasteiger partial charge on any atom is -0.486 e. The maximum Gasteiger partial charge on any atom is 0.276 e. The van der Waals surface area contributed by atoms with Gasteiger partial charge in [-0.1, -0.05) is 0 Å². The molecule has 1 fully saturated rings. The molecular weight excluding hydrogens is 358 g/mol. The molecule has 0 atom stereocenters. The van der Waals surface area contributed by atoms with Gasteiger partial charge in [0.1, 0.15) is 13.2 Å². The SMILES string of the molecule is CN(C1CCN(c2cnnc3cc4c(cc23)OCCO4)CC1)S(N)(=O)=O. The number of rotatable bonds is 3. The van der Waals surface area contributed by atoms with Crippen molar-refractivity contribution in [1.82, 2.24) is 14.5 Å². The van der Waals surface area contributed by atoms with Crippen LogP contribution >= 0.6 is 0 Å². The van der Waals surface area contributed by atoms with E-state index in [1.54, 1.807) is 6.20 Å². The lowest BCUT2D eigenvalue weighted by Gasteiger charge is -2.36. The third kappa shape index (κ3) is 3.15. The van der Waals surface area contributed by atoms with Crippen LogP contribution in [0.5, 0.6) is 11.5 Å². The minimum absolute atomic E-state index is 0.0909. The summed E-state index contributed by atoms with van der Waals surface area (Å²) >= 11 is 0. The van der Waals surface area contributed by atoms with E-state index >= 15 is 0 Å². The molecule has 2 N–H and O–H groups in total. The molecule has 1 saturated heterocycles. The molecular formula is C16H21N5O4S. The largest absolute Gasteiger partial charge is 0.486 e. The molecule has 2 aliphatic rings. The number of ether oxygens (including phenoxy) is 2. The summed E-state index contributed by atoms with van der Waals surface area (Å²) in [6.45, 7) is 2.47. The van der Waals surface area contributed by atoms with Gasteiger partial charge in [-0.15, -0.1) is 0 Å². The molecule has 4 rings (SSSR count). The van der Waals surface area contributed by atoms with Crippen LogP contribution in [0.3, 0.4) is 0 Å². The summed E-state index contributed by atoms with van der Waals surface area (Å²) in [5, 5.41) is 14.5. The maximum absolute atomic E-state index is 11.5. The average Bonchev–Trinajstić information content (AvgIpc) is 2.64. The molecule has 140 valence electrons. The number of nitrogens with two attached hydrogens (primary N) is 1. The van der Waals surface area contributed by atoms with Crippen molar-refractivity contribution in [2.45, 2.75) is 18.9 Å². The van der Waals surface area contributed by atoms with Crippen LogP contribution in [0, 0.1) is 0 Å². The van der Waals surface area contributed by atoms with Gasteiger partial charge in [-0.25, -0.2) is 5.14 Å². The van der Waals surface area contributed by atoms with E-state index in [0.717, 1.165) is 16.6 Å². The molecule has 0 radical (unpaired) electrons. The Labute approximate surface area is 151 Å². The number of hydrogen-bond acceptors (Lipinski definition) is 7. The zero-order valence-electron chi connectivity index (χ0n) is 14.5. The highest BCUT2D eigenvalue weighted by atomic mass is 32.2. The van der Waals surface area contributed by atoms with Gasteiger partial charge in [0, 0.05) is 37.6 Å². The summed E-state index contributed by atoms with van der Waals surface area (Å²) in [6, 6.07) is 3.70. The van der Waals surface area contributed by atoms with Crippen LogP contribution < -0.4 is 19.5 Å². The zero-order chi connectivity index (χ0) is 18.3. The third-order valence-electron chi connectivity index (χ3n) is 5.00. The van der Waals surface area contributed by atoms with Gasteiger partial charge in [-0.3, -0.25) is 0 Å². The number of anilines is 1. The summed E-state index contributed by atoms with van der Waals surface area (Å²) in [7, 11) is -2.14. The van der Waals surface area contributed by atoms with E-state index in [1.807, 2.05) is 12.1 Å². The number of fused-ring (bicyclic) bond motifs is 2. The number of benzene rings is 1. The Bertz CT molecular complexity index is 928. The normalized spacial score (nSPS) is 18.5. The lowest BCUT2D eigenvalue weighted by atomic mass is 10.0. The highest BCUT2D eigenvalue weighted by Gasteiger charge is 2.28. The van der Waals surface area contributed by atoms with E-state index in [-0.39, 0.29) is 6.04 Å². The molecule has 0 unspecified atom stereocenters. The van der Waals surface area contributed by atoms with Gasteiger partial charge in [0.15, 0.2) is 11.5 Å². The Kier molecular flexibility index (Phi) is 4.33. The lowest BCUT2D eigenvalue weighted by molar-refractivity contribution is 0.172. The van der Waals surface area contributed by atoms with Gasteiger partial charge in [0.05, 0.1) is 17.4 Å². The van der Waals surface area contributed by atoms with E-state index in [9.17, 15) is 8.42 Å². The number of nitrogens with zero attached hydrogens (tertiary/aromatic N) is 4. The Morgan fingerprint density at radius 2 is 1.85 bits per heavy atom. The first-order valence-corrected chi connectivity index (χ1v) is 9.99. The summed E-state index contributed by atoms with van der Waals surface area (Å²) in [4.78, 5) is 2.20. The maximum atomic E-state index is 11.5. The molecule has 10 heteroatoms. The molecule has 3 heterocycles. The predicted octanol–water partition coefficient (Wildman–Crippen LogP) is 0.505. The van der Waals surface area contributed by atoms with Gasteiger partial charge in [-0.05, 0) is 18.9 Å². The Morgan fingerprint density at radius 3 is 2.50 bits per heavy atom. The fourth-order valence-electron chi connectivity index (χ4n) is 3.51. The second-order valence-corrected chi connectivity index (χ2v) is 8.13. The third-order valence-corrected chi connectivity index (χ3v) is 6.10. The monoisotopic (exact) mass is 379 g/mol. The van der Waals surface area contributed by atoms with Crippen molar-refractivity contribution in [3.63, 3.8) is 0 Å². The van der Waals surface area contributed by atoms with E-state index in [1.165, 1.54) is 11.4 Å². The second kappa shape index (κ2) is 6.53. The summed E-state index contributed by atoms with van der Waals surface area (Å²) in [5.74, 6) is 1.39. The predicted molar refractivity (Wildman–Crippen MR) is 96.6 cm³/mol. The van der Waals surface area contributed by atoms with Crippen LogP contribution in [0.2, 0.25) is 0 Å². The van der Waals surface area contributed by atoms with Gasteiger partial charge in [0.2, 0.25) is 0 Å². The van der Waals surface area contributed by atoms with Crippen molar-refractivity contribution < 1.29 is 17.9 Å². The van der Waals surface area contributed by atoms with Crippen molar-refractivity contribution in [3.05, 3.63) is 18.3 Å². The van der Waals surface area contributed by atoms with Gasteiger partial charge in [0.25, 0.3) is 10.2 Å². The summed E-state index contributed by atoms with van der Waals surface area (Å²) < 4.78 is 35.6. The number of piperidine rings is 1. The highest BCUT2D eigenvalue weighted by molar-refractivity contribution is 7.86. The molecule has 0 amide bonds. The molecule has 26 heavy (non-hydrogen) atoms. The highest BCUT2D eigenvalue weighted by Crippen LogP contribution is 2.37. The van der Waals surface area contributed by atoms with E-state index in [2.05, 4.69) is 15.1 Å². The molecule has 9 nitrogen and oxygen atoms in total. The lowest BCUT2D eigenvalue weighted by Crippen LogP contribution is -2.47. The Morgan fingerprint density at radius 1 is 1.19 bits per heavy atom. The first kappa shape index (κ1) is 17.3. The van der Waals surface area contributed by atoms with E-state index in [0.29, 0.717) is 50.6 Å². The van der Waals surface area contributed by atoms with E-state index in [4.69, 9.17) is 14.6 Å². The number of aromatic nitrogens is 2. The van der Waals surface area contributed by atoms with Crippen LogP contribution in [-0.2, 0) is 10.2 Å². The smallest absolute Gasteiger partial charge is 0.276 e. The van der Waals surface area contributed by atoms with Gasteiger partial charge >= 0.3 is 0 Å². The van der Waals surface area contributed by atoms with Crippen LogP contribution in [0.4, 0.5) is 5.69 Å². The molecule has 0 saturated carbocycles. The fourth-order valence-corrected chi connectivity index (χ4v) is 4.14. The zero-order valence-corrected chi connectivity index (χ0v) is 15.3. The Balaban J connectivity index is 1.60. The van der Waals surface area contributed by atoms with Crippen LogP contribution in [0.1, 0.15) is 12.8 Å². The quantitative estimate of drug-likeness (QED) is 0.827. The second-order valence-electron chi connectivity index (χ2n) is 6.52. The molecule has 0 spiro atoms. The van der Waals surface area contributed by atoms with Crippen molar-refractivity contribution >= 4 is 26.8 Å². The van der Waals surface area contributed by atoms with Crippen LogP contribution in [0.25, 0.3) is 10.9 Å². The molecule has 0 bridgehead atoms. The number of hydrogen-bond donors (Lipinski definition) is 1. The standard InChI is InChI=1S/C16H21N5O4S/c1-20(26(17,22)23)11-2-4-21(5-3-11)14-10-18-19-13-9-16-15(8-12(13)14)24-6-7-25-16/h8-11H,2-7H2,1H3,(H2,17,22,23). The van der Waals surface area contributed by atoms with Gasteiger partial charge in [-0.2, -0.15) is 22.9 Å². The Hall–Kier alpha value is -2.17. The topological polar surface area (TPSA) is 111 Å². The molecule has 1 aromatic carbocycles. The van der Waals surface area contributed by atoms with Crippen molar-refractivity contribution in [2.75, 3.05) is 38.3 Å². The summed E-state index contributed by atoms with van der Waals surface area (Å²) in [5.41, 5.74) is 1.71. The van der Waals surface area contributed by atoms with Crippen molar-refractivity contribution in [2.24, 2.45) is 5.14 Å².